The van der Waals surface area contributed by atoms with Gasteiger partial charge in [-0.3, -0.25) is 4.79 Å². The van der Waals surface area contributed by atoms with Crippen LogP contribution in [0.4, 0.5) is 5.69 Å². The minimum Gasteiger partial charge on any atom is -0.397 e. The Morgan fingerprint density at radius 1 is 1.69 bits per heavy atom. The maximum atomic E-state index is 11.6. The molecular formula is C9H13N3O. The maximum absolute atomic E-state index is 11.6. The van der Waals surface area contributed by atoms with E-state index in [1.807, 2.05) is 6.92 Å². The topological polar surface area (TPSA) is 59.2 Å². The SMILES string of the molecule is CCN(C)C(=O)c1ncccc1N. The number of hydrogen-bond acceptors (Lipinski definition) is 3. The number of nitrogens with zero attached hydrogens (tertiary/aromatic N) is 2. The summed E-state index contributed by atoms with van der Waals surface area (Å²) < 4.78 is 0. The van der Waals surface area contributed by atoms with Crippen molar-refractivity contribution in [1.82, 2.24) is 9.88 Å². The van der Waals surface area contributed by atoms with Gasteiger partial charge in [0, 0.05) is 19.8 Å². The van der Waals surface area contributed by atoms with E-state index in [1.54, 1.807) is 30.3 Å². The summed E-state index contributed by atoms with van der Waals surface area (Å²) in [6.07, 6.45) is 1.56. The highest BCUT2D eigenvalue weighted by atomic mass is 16.2. The van der Waals surface area contributed by atoms with Crippen LogP contribution >= 0.6 is 0 Å². The summed E-state index contributed by atoms with van der Waals surface area (Å²) in [5.41, 5.74) is 6.35. The van der Waals surface area contributed by atoms with E-state index < -0.39 is 0 Å². The normalized spacial score (nSPS) is 9.69. The van der Waals surface area contributed by atoms with Crippen LogP contribution in [0.15, 0.2) is 18.3 Å². The van der Waals surface area contributed by atoms with Crippen LogP contribution in [0.5, 0.6) is 0 Å². The minimum atomic E-state index is -0.138. The highest BCUT2D eigenvalue weighted by Crippen LogP contribution is 2.08. The maximum Gasteiger partial charge on any atom is 0.274 e. The number of pyridine rings is 1. The Labute approximate surface area is 77.4 Å². The summed E-state index contributed by atoms with van der Waals surface area (Å²) >= 11 is 0. The smallest absolute Gasteiger partial charge is 0.274 e. The molecule has 1 amide bonds. The molecule has 0 atom stereocenters. The predicted octanol–water partition coefficient (Wildman–Crippen LogP) is 0.756. The lowest BCUT2D eigenvalue weighted by molar-refractivity contribution is 0.0798. The third kappa shape index (κ3) is 1.96. The Kier molecular flexibility index (Phi) is 2.84. The Bertz CT molecular complexity index is 311. The molecule has 0 aromatic carbocycles. The molecule has 1 aromatic rings. The molecule has 4 heteroatoms. The van der Waals surface area contributed by atoms with E-state index in [4.69, 9.17) is 5.73 Å². The first-order valence-corrected chi connectivity index (χ1v) is 4.12. The number of aromatic nitrogens is 1. The van der Waals surface area contributed by atoms with Crippen LogP contribution in [0.3, 0.4) is 0 Å². The van der Waals surface area contributed by atoms with Gasteiger partial charge in [-0.15, -0.1) is 0 Å². The fraction of sp³-hybridized carbons (Fsp3) is 0.333. The first-order chi connectivity index (χ1) is 6.16. The van der Waals surface area contributed by atoms with E-state index in [2.05, 4.69) is 4.98 Å². The number of hydrogen-bond donors (Lipinski definition) is 1. The highest BCUT2D eigenvalue weighted by molar-refractivity contribution is 5.96. The predicted molar refractivity (Wildman–Crippen MR) is 51.3 cm³/mol. The standard InChI is InChI=1S/C9H13N3O/c1-3-12(2)9(13)8-7(10)5-4-6-11-8/h4-6H,3,10H2,1-2H3. The molecule has 0 fully saturated rings. The Morgan fingerprint density at radius 2 is 2.38 bits per heavy atom. The van der Waals surface area contributed by atoms with Crippen molar-refractivity contribution in [2.45, 2.75) is 6.92 Å². The Hall–Kier alpha value is -1.58. The van der Waals surface area contributed by atoms with E-state index in [0.29, 0.717) is 17.9 Å². The Morgan fingerprint density at radius 3 is 2.92 bits per heavy atom. The van der Waals surface area contributed by atoms with Gasteiger partial charge in [-0.05, 0) is 19.1 Å². The van der Waals surface area contributed by atoms with Gasteiger partial charge >= 0.3 is 0 Å². The molecule has 0 saturated heterocycles. The van der Waals surface area contributed by atoms with Crippen LogP contribution in [-0.4, -0.2) is 29.4 Å². The lowest BCUT2D eigenvalue weighted by Gasteiger charge is -2.14. The van der Waals surface area contributed by atoms with Gasteiger partial charge in [-0.25, -0.2) is 4.98 Å². The molecule has 0 unspecified atom stereocenters. The van der Waals surface area contributed by atoms with Crippen molar-refractivity contribution in [2.75, 3.05) is 19.3 Å². The number of amides is 1. The molecule has 0 aliphatic carbocycles. The number of carbonyl (C=O) groups is 1. The molecule has 1 aromatic heterocycles. The third-order valence-corrected chi connectivity index (χ3v) is 1.86. The largest absolute Gasteiger partial charge is 0.397 e. The molecule has 70 valence electrons. The first kappa shape index (κ1) is 9.51. The molecule has 13 heavy (non-hydrogen) atoms. The van der Waals surface area contributed by atoms with Gasteiger partial charge in [0.05, 0.1) is 5.69 Å². The fourth-order valence-corrected chi connectivity index (χ4v) is 0.921. The molecule has 0 radical (unpaired) electrons. The van der Waals surface area contributed by atoms with Crippen molar-refractivity contribution in [1.29, 1.82) is 0 Å². The minimum absolute atomic E-state index is 0.138. The Balaban J connectivity index is 2.95. The highest BCUT2D eigenvalue weighted by Gasteiger charge is 2.13. The lowest BCUT2D eigenvalue weighted by Crippen LogP contribution is -2.27. The zero-order valence-corrected chi connectivity index (χ0v) is 7.82. The van der Waals surface area contributed by atoms with Crippen molar-refractivity contribution in [3.63, 3.8) is 0 Å². The van der Waals surface area contributed by atoms with Crippen LogP contribution in [-0.2, 0) is 0 Å². The third-order valence-electron chi connectivity index (χ3n) is 1.86. The van der Waals surface area contributed by atoms with Crippen molar-refractivity contribution >= 4 is 11.6 Å². The zero-order valence-electron chi connectivity index (χ0n) is 7.82. The lowest BCUT2D eigenvalue weighted by atomic mass is 10.3. The van der Waals surface area contributed by atoms with E-state index >= 15 is 0 Å². The van der Waals surface area contributed by atoms with Crippen LogP contribution in [0, 0.1) is 0 Å². The number of carbonyl (C=O) groups excluding carboxylic acids is 1. The molecule has 0 spiro atoms. The average Bonchev–Trinajstić information content (AvgIpc) is 2.16. The summed E-state index contributed by atoms with van der Waals surface area (Å²) in [4.78, 5) is 17.1. The van der Waals surface area contributed by atoms with E-state index in [9.17, 15) is 4.79 Å². The summed E-state index contributed by atoms with van der Waals surface area (Å²) in [6, 6.07) is 3.38. The second-order valence-corrected chi connectivity index (χ2v) is 2.76. The van der Waals surface area contributed by atoms with Gasteiger partial charge in [0.25, 0.3) is 5.91 Å². The summed E-state index contributed by atoms with van der Waals surface area (Å²) in [5.74, 6) is -0.138. The first-order valence-electron chi connectivity index (χ1n) is 4.12. The van der Waals surface area contributed by atoms with Crippen molar-refractivity contribution in [2.24, 2.45) is 0 Å². The van der Waals surface area contributed by atoms with Crippen LogP contribution in [0.2, 0.25) is 0 Å². The molecule has 0 saturated carbocycles. The van der Waals surface area contributed by atoms with Gasteiger partial charge in [0.2, 0.25) is 0 Å². The molecule has 0 bridgehead atoms. The van der Waals surface area contributed by atoms with Crippen molar-refractivity contribution < 1.29 is 4.79 Å². The van der Waals surface area contributed by atoms with E-state index in [0.717, 1.165) is 0 Å². The molecule has 1 rings (SSSR count). The number of nitrogens with two attached hydrogens (primary N) is 1. The fourth-order valence-electron chi connectivity index (χ4n) is 0.921. The van der Waals surface area contributed by atoms with Gasteiger partial charge in [0.15, 0.2) is 5.69 Å². The van der Waals surface area contributed by atoms with Crippen LogP contribution in [0.1, 0.15) is 17.4 Å². The summed E-state index contributed by atoms with van der Waals surface area (Å²) in [7, 11) is 1.72. The summed E-state index contributed by atoms with van der Waals surface area (Å²) in [5, 5.41) is 0. The summed E-state index contributed by atoms with van der Waals surface area (Å²) in [6.45, 7) is 2.55. The van der Waals surface area contributed by atoms with Gasteiger partial charge in [0.1, 0.15) is 0 Å². The van der Waals surface area contributed by atoms with Gasteiger partial charge in [-0.1, -0.05) is 0 Å². The van der Waals surface area contributed by atoms with Crippen LogP contribution in [0.25, 0.3) is 0 Å². The number of nitrogen functional groups attached to an aromatic ring is 1. The molecule has 2 N–H and O–H groups in total. The average molecular weight is 179 g/mol. The van der Waals surface area contributed by atoms with Crippen LogP contribution < -0.4 is 5.73 Å². The van der Waals surface area contributed by atoms with Gasteiger partial charge in [-0.2, -0.15) is 0 Å². The molecule has 1 heterocycles. The zero-order chi connectivity index (χ0) is 9.84. The quantitative estimate of drug-likeness (QED) is 0.729. The number of anilines is 1. The van der Waals surface area contributed by atoms with Gasteiger partial charge < -0.3 is 10.6 Å². The molecule has 4 nitrogen and oxygen atoms in total. The molecule has 0 aliphatic heterocycles. The number of rotatable bonds is 2. The second kappa shape index (κ2) is 3.89. The van der Waals surface area contributed by atoms with E-state index in [1.165, 1.54) is 0 Å². The molecular weight excluding hydrogens is 166 g/mol. The molecule has 0 aliphatic rings. The monoisotopic (exact) mass is 179 g/mol. The second-order valence-electron chi connectivity index (χ2n) is 2.76. The van der Waals surface area contributed by atoms with Crippen molar-refractivity contribution in [3.05, 3.63) is 24.0 Å². The van der Waals surface area contributed by atoms with Crippen molar-refractivity contribution in [3.8, 4) is 0 Å². The van der Waals surface area contributed by atoms with E-state index in [-0.39, 0.29) is 5.91 Å².